The normalized spacial score (nSPS) is 11.0. The molecule has 2 rings (SSSR count). The Labute approximate surface area is 90.7 Å². The van der Waals surface area contributed by atoms with Crippen LogP contribution in [0, 0.1) is 17.5 Å². The molecule has 84 valence electrons. The molecule has 2 aromatic rings. The molecule has 0 saturated carbocycles. The second kappa shape index (κ2) is 3.70. The van der Waals surface area contributed by atoms with E-state index in [9.17, 15) is 13.2 Å². The molecule has 0 aliphatic heterocycles. The van der Waals surface area contributed by atoms with Gasteiger partial charge in [-0.05, 0) is 35.6 Å². The highest BCUT2D eigenvalue weighted by Crippen LogP contribution is 2.28. The van der Waals surface area contributed by atoms with Gasteiger partial charge in [0.2, 0.25) is 0 Å². The first-order chi connectivity index (χ1) is 7.54. The Hall–Kier alpha value is -1.71. The highest BCUT2D eigenvalue weighted by atomic mass is 19.2. The molecule has 2 N–H and O–H groups in total. The van der Waals surface area contributed by atoms with E-state index in [-0.39, 0.29) is 10.8 Å². The molecular formula is C12H10F3N. The summed E-state index contributed by atoms with van der Waals surface area (Å²) in [6.07, 6.45) is 0.504. The van der Waals surface area contributed by atoms with Gasteiger partial charge in [-0.25, -0.2) is 13.2 Å². The summed E-state index contributed by atoms with van der Waals surface area (Å²) in [5.41, 5.74) is 6.59. The summed E-state index contributed by atoms with van der Waals surface area (Å²) < 4.78 is 39.7. The predicted octanol–water partition coefficient (Wildman–Crippen LogP) is 3.40. The number of nitrogen functional groups attached to an aromatic ring is 1. The summed E-state index contributed by atoms with van der Waals surface area (Å²) in [5, 5.41) is 0.392. The minimum atomic E-state index is -1.44. The third kappa shape index (κ3) is 1.50. The van der Waals surface area contributed by atoms with Crippen molar-refractivity contribution in [2.24, 2.45) is 0 Å². The van der Waals surface area contributed by atoms with Gasteiger partial charge in [-0.3, -0.25) is 0 Å². The first-order valence-electron chi connectivity index (χ1n) is 4.90. The van der Waals surface area contributed by atoms with E-state index in [1.807, 2.05) is 0 Å². The zero-order valence-corrected chi connectivity index (χ0v) is 8.65. The van der Waals surface area contributed by atoms with Crippen molar-refractivity contribution < 1.29 is 13.2 Å². The molecule has 0 heterocycles. The van der Waals surface area contributed by atoms with Gasteiger partial charge in [-0.2, -0.15) is 0 Å². The molecule has 2 aromatic carbocycles. The Morgan fingerprint density at radius 1 is 1.06 bits per heavy atom. The predicted molar refractivity (Wildman–Crippen MR) is 57.6 cm³/mol. The molecule has 0 aliphatic rings. The van der Waals surface area contributed by atoms with E-state index in [1.54, 1.807) is 13.0 Å². The summed E-state index contributed by atoms with van der Waals surface area (Å²) in [4.78, 5) is 0. The Bertz CT molecular complexity index is 564. The molecule has 0 unspecified atom stereocenters. The van der Waals surface area contributed by atoms with Crippen LogP contribution >= 0.6 is 0 Å². The SMILES string of the molecule is CCc1cc(N)cc2cc(F)c(F)c(F)c12. The number of aryl methyl sites for hydroxylation is 1. The van der Waals surface area contributed by atoms with Crippen molar-refractivity contribution in [2.75, 3.05) is 5.73 Å². The van der Waals surface area contributed by atoms with Crippen molar-refractivity contribution >= 4 is 16.5 Å². The van der Waals surface area contributed by atoms with E-state index in [0.29, 0.717) is 17.7 Å². The minimum Gasteiger partial charge on any atom is -0.399 e. The smallest absolute Gasteiger partial charge is 0.195 e. The van der Waals surface area contributed by atoms with Crippen molar-refractivity contribution in [1.29, 1.82) is 0 Å². The zero-order valence-electron chi connectivity index (χ0n) is 8.65. The van der Waals surface area contributed by atoms with Gasteiger partial charge in [0, 0.05) is 11.1 Å². The maximum absolute atomic E-state index is 13.6. The fraction of sp³-hybridized carbons (Fsp3) is 0.167. The first-order valence-corrected chi connectivity index (χ1v) is 4.90. The van der Waals surface area contributed by atoms with Gasteiger partial charge in [0.05, 0.1) is 0 Å². The van der Waals surface area contributed by atoms with Crippen LogP contribution in [-0.2, 0) is 6.42 Å². The largest absolute Gasteiger partial charge is 0.399 e. The van der Waals surface area contributed by atoms with Crippen LogP contribution in [0.25, 0.3) is 10.8 Å². The number of nitrogens with two attached hydrogens (primary N) is 1. The summed E-state index contributed by atoms with van der Waals surface area (Å²) in [6, 6.07) is 3.96. The van der Waals surface area contributed by atoms with Crippen LogP contribution in [-0.4, -0.2) is 0 Å². The fourth-order valence-corrected chi connectivity index (χ4v) is 1.83. The van der Waals surface area contributed by atoms with Crippen LogP contribution < -0.4 is 5.73 Å². The molecule has 0 radical (unpaired) electrons. The lowest BCUT2D eigenvalue weighted by molar-refractivity contribution is 0.453. The summed E-state index contributed by atoms with van der Waals surface area (Å²) in [7, 11) is 0. The number of rotatable bonds is 1. The highest BCUT2D eigenvalue weighted by Gasteiger charge is 2.16. The Balaban J connectivity index is 2.95. The molecule has 1 nitrogen and oxygen atoms in total. The van der Waals surface area contributed by atoms with Gasteiger partial charge in [0.1, 0.15) is 0 Å². The number of anilines is 1. The molecular weight excluding hydrogens is 215 g/mol. The van der Waals surface area contributed by atoms with Crippen LogP contribution in [0.2, 0.25) is 0 Å². The van der Waals surface area contributed by atoms with E-state index in [2.05, 4.69) is 0 Å². The second-order valence-corrected chi connectivity index (χ2v) is 3.62. The van der Waals surface area contributed by atoms with E-state index >= 15 is 0 Å². The fourth-order valence-electron chi connectivity index (χ4n) is 1.83. The average Bonchev–Trinajstić information content (AvgIpc) is 2.24. The lowest BCUT2D eigenvalue weighted by Crippen LogP contribution is -1.97. The van der Waals surface area contributed by atoms with E-state index < -0.39 is 17.5 Å². The van der Waals surface area contributed by atoms with Crippen LogP contribution in [0.5, 0.6) is 0 Å². The zero-order chi connectivity index (χ0) is 11.9. The standard InChI is InChI=1S/C12H10F3N/c1-2-6-3-8(16)4-7-5-9(13)11(14)12(15)10(6)7/h3-5H,2,16H2,1H3. The second-order valence-electron chi connectivity index (χ2n) is 3.62. The molecule has 0 fully saturated rings. The highest BCUT2D eigenvalue weighted by molar-refractivity contribution is 5.89. The van der Waals surface area contributed by atoms with Gasteiger partial charge in [-0.1, -0.05) is 6.92 Å². The molecule has 0 amide bonds. The van der Waals surface area contributed by atoms with Crippen LogP contribution in [0.1, 0.15) is 12.5 Å². The summed E-state index contributed by atoms with van der Waals surface area (Å²) in [5.74, 6) is -3.78. The molecule has 16 heavy (non-hydrogen) atoms. The van der Waals surface area contributed by atoms with E-state index in [0.717, 1.165) is 6.07 Å². The maximum atomic E-state index is 13.6. The molecule has 0 aromatic heterocycles. The van der Waals surface area contributed by atoms with E-state index in [1.165, 1.54) is 6.07 Å². The Kier molecular flexibility index (Phi) is 2.50. The lowest BCUT2D eigenvalue weighted by atomic mass is 10.0. The number of hydrogen-bond acceptors (Lipinski definition) is 1. The van der Waals surface area contributed by atoms with Gasteiger partial charge < -0.3 is 5.73 Å². The van der Waals surface area contributed by atoms with Gasteiger partial charge in [0.25, 0.3) is 0 Å². The van der Waals surface area contributed by atoms with Crippen molar-refractivity contribution in [1.82, 2.24) is 0 Å². The van der Waals surface area contributed by atoms with E-state index in [4.69, 9.17) is 5.73 Å². The maximum Gasteiger partial charge on any atom is 0.195 e. The molecule has 0 saturated heterocycles. The van der Waals surface area contributed by atoms with Crippen molar-refractivity contribution in [3.63, 3.8) is 0 Å². The number of benzene rings is 2. The number of fused-ring (bicyclic) bond motifs is 1. The quantitative estimate of drug-likeness (QED) is 0.584. The third-order valence-corrected chi connectivity index (χ3v) is 2.56. The average molecular weight is 225 g/mol. The number of halogens is 3. The Morgan fingerprint density at radius 2 is 1.75 bits per heavy atom. The van der Waals surface area contributed by atoms with Crippen molar-refractivity contribution in [2.45, 2.75) is 13.3 Å². The minimum absolute atomic E-state index is 0.107. The molecule has 0 aliphatic carbocycles. The molecule has 0 bridgehead atoms. The van der Waals surface area contributed by atoms with Gasteiger partial charge in [-0.15, -0.1) is 0 Å². The monoisotopic (exact) mass is 225 g/mol. The molecule has 0 atom stereocenters. The summed E-state index contributed by atoms with van der Waals surface area (Å²) >= 11 is 0. The van der Waals surface area contributed by atoms with Crippen molar-refractivity contribution in [3.8, 4) is 0 Å². The van der Waals surface area contributed by atoms with Gasteiger partial charge >= 0.3 is 0 Å². The van der Waals surface area contributed by atoms with Crippen molar-refractivity contribution in [3.05, 3.63) is 41.2 Å². The lowest BCUT2D eigenvalue weighted by Gasteiger charge is -2.08. The first kappa shape index (κ1) is 10.8. The van der Waals surface area contributed by atoms with Gasteiger partial charge in [0.15, 0.2) is 17.5 Å². The summed E-state index contributed by atoms with van der Waals surface area (Å²) in [6.45, 7) is 1.80. The Morgan fingerprint density at radius 3 is 2.38 bits per heavy atom. The van der Waals surface area contributed by atoms with Crippen LogP contribution in [0.3, 0.4) is 0 Å². The topological polar surface area (TPSA) is 26.0 Å². The van der Waals surface area contributed by atoms with Crippen LogP contribution in [0.4, 0.5) is 18.9 Å². The molecule has 4 heteroatoms. The third-order valence-electron chi connectivity index (χ3n) is 2.56. The molecule has 0 spiro atoms. The number of hydrogen-bond donors (Lipinski definition) is 1. The van der Waals surface area contributed by atoms with Crippen LogP contribution in [0.15, 0.2) is 18.2 Å².